The Bertz CT molecular complexity index is 392. The first-order valence-electron chi connectivity index (χ1n) is 7.57. The molecule has 0 amide bonds. The molecule has 0 bridgehead atoms. The van der Waals surface area contributed by atoms with Crippen LogP contribution in [-0.4, -0.2) is 24.0 Å². The number of hydrogen-bond donors (Lipinski definition) is 1. The van der Waals surface area contributed by atoms with E-state index in [4.69, 9.17) is 5.73 Å². The van der Waals surface area contributed by atoms with Crippen LogP contribution in [0.15, 0.2) is 24.3 Å². The molecular weight excluding hydrogens is 251 g/mol. The lowest BCUT2D eigenvalue weighted by Crippen LogP contribution is -2.43. The van der Waals surface area contributed by atoms with Crippen LogP contribution < -0.4 is 5.73 Å². The van der Waals surface area contributed by atoms with Crippen LogP contribution in [0, 0.1) is 17.7 Å². The van der Waals surface area contributed by atoms with E-state index in [9.17, 15) is 4.39 Å². The predicted molar refractivity (Wildman–Crippen MR) is 84.0 cm³/mol. The third-order valence-corrected chi connectivity index (χ3v) is 3.31. The first-order chi connectivity index (χ1) is 9.32. The molecule has 2 unspecified atom stereocenters. The number of nitrogens with zero attached hydrogens (tertiary/aromatic N) is 1. The van der Waals surface area contributed by atoms with Gasteiger partial charge in [0.05, 0.1) is 6.04 Å². The van der Waals surface area contributed by atoms with Gasteiger partial charge in [0.2, 0.25) is 0 Å². The first kappa shape index (κ1) is 17.1. The minimum atomic E-state index is -0.160. The van der Waals surface area contributed by atoms with Crippen LogP contribution in [0.3, 0.4) is 0 Å². The van der Waals surface area contributed by atoms with Gasteiger partial charge in [0.1, 0.15) is 5.82 Å². The highest BCUT2D eigenvalue weighted by molar-refractivity contribution is 5.22. The lowest BCUT2D eigenvalue weighted by atomic mass is 9.96. The Morgan fingerprint density at radius 2 is 1.50 bits per heavy atom. The molecular formula is C17H29FN2. The third kappa shape index (κ3) is 4.88. The van der Waals surface area contributed by atoms with E-state index in [0.29, 0.717) is 17.4 Å². The van der Waals surface area contributed by atoms with E-state index in [1.165, 1.54) is 6.07 Å². The third-order valence-electron chi connectivity index (χ3n) is 3.31. The van der Waals surface area contributed by atoms with E-state index < -0.39 is 0 Å². The maximum Gasteiger partial charge on any atom is 0.128 e. The van der Waals surface area contributed by atoms with Crippen LogP contribution in [0.2, 0.25) is 0 Å². The van der Waals surface area contributed by atoms with Gasteiger partial charge in [-0.05, 0) is 24.8 Å². The van der Waals surface area contributed by atoms with Crippen molar-refractivity contribution in [3.05, 3.63) is 35.6 Å². The molecule has 1 rings (SSSR count). The Morgan fingerprint density at radius 3 is 1.90 bits per heavy atom. The number of hydrogen-bond acceptors (Lipinski definition) is 2. The van der Waals surface area contributed by atoms with Crippen molar-refractivity contribution in [1.82, 2.24) is 4.90 Å². The Balaban J connectivity index is 3.10. The van der Waals surface area contributed by atoms with Gasteiger partial charge in [0.15, 0.2) is 0 Å². The van der Waals surface area contributed by atoms with Gasteiger partial charge in [-0.15, -0.1) is 0 Å². The van der Waals surface area contributed by atoms with Crippen LogP contribution in [0.1, 0.15) is 46.2 Å². The molecule has 0 saturated heterocycles. The van der Waals surface area contributed by atoms with Crippen LogP contribution in [0.4, 0.5) is 4.39 Å². The number of benzene rings is 1. The number of halogens is 1. The highest BCUT2D eigenvalue weighted by Crippen LogP contribution is 2.27. The Labute approximate surface area is 123 Å². The monoisotopic (exact) mass is 280 g/mol. The lowest BCUT2D eigenvalue weighted by molar-refractivity contribution is 0.137. The standard InChI is InChI=1S/C17H29FN2/c1-12(2)10-20(11-13(3)4)17(14(5)19)15-8-6-7-9-16(15)18/h6-9,12-14,17H,10-11,19H2,1-5H3. The normalized spacial score (nSPS) is 15.1. The van der Waals surface area contributed by atoms with Crippen LogP contribution in [0.5, 0.6) is 0 Å². The molecule has 114 valence electrons. The van der Waals surface area contributed by atoms with Crippen molar-refractivity contribution in [1.29, 1.82) is 0 Å². The molecule has 2 nitrogen and oxygen atoms in total. The molecule has 1 aromatic carbocycles. The van der Waals surface area contributed by atoms with Gasteiger partial charge >= 0.3 is 0 Å². The summed E-state index contributed by atoms with van der Waals surface area (Å²) in [5, 5.41) is 0. The topological polar surface area (TPSA) is 29.3 Å². The molecule has 2 N–H and O–H groups in total. The fraction of sp³-hybridized carbons (Fsp3) is 0.647. The zero-order valence-electron chi connectivity index (χ0n) is 13.4. The largest absolute Gasteiger partial charge is 0.326 e. The van der Waals surface area contributed by atoms with Gasteiger partial charge in [-0.2, -0.15) is 0 Å². The molecule has 0 heterocycles. The van der Waals surface area contributed by atoms with Gasteiger partial charge < -0.3 is 5.73 Å². The maximum atomic E-state index is 14.2. The molecule has 0 saturated carbocycles. The minimum Gasteiger partial charge on any atom is -0.326 e. The average Bonchev–Trinajstić information content (AvgIpc) is 2.29. The Hall–Kier alpha value is -0.930. The van der Waals surface area contributed by atoms with Crippen molar-refractivity contribution in [3.8, 4) is 0 Å². The molecule has 1 aromatic rings. The summed E-state index contributed by atoms with van der Waals surface area (Å²) in [6, 6.07) is 6.82. The van der Waals surface area contributed by atoms with E-state index in [1.54, 1.807) is 6.07 Å². The molecule has 2 atom stereocenters. The smallest absolute Gasteiger partial charge is 0.128 e. The summed E-state index contributed by atoms with van der Waals surface area (Å²) in [7, 11) is 0. The number of rotatable bonds is 7. The lowest BCUT2D eigenvalue weighted by Gasteiger charge is -2.37. The van der Waals surface area contributed by atoms with E-state index >= 15 is 0 Å². The highest BCUT2D eigenvalue weighted by Gasteiger charge is 2.27. The summed E-state index contributed by atoms with van der Waals surface area (Å²) in [6.45, 7) is 12.6. The molecule has 0 aliphatic rings. The van der Waals surface area contributed by atoms with Gasteiger partial charge in [0.25, 0.3) is 0 Å². The maximum absolute atomic E-state index is 14.2. The van der Waals surface area contributed by atoms with Crippen molar-refractivity contribution in [2.75, 3.05) is 13.1 Å². The van der Waals surface area contributed by atoms with Crippen molar-refractivity contribution in [2.45, 2.75) is 46.7 Å². The molecule has 3 heteroatoms. The van der Waals surface area contributed by atoms with Gasteiger partial charge in [-0.1, -0.05) is 45.9 Å². The van der Waals surface area contributed by atoms with E-state index in [1.807, 2.05) is 19.1 Å². The molecule has 0 aliphatic heterocycles. The summed E-state index contributed by atoms with van der Waals surface area (Å²) in [5.74, 6) is 0.899. The van der Waals surface area contributed by atoms with Gasteiger partial charge in [-0.3, -0.25) is 4.90 Å². The fourth-order valence-corrected chi connectivity index (χ4v) is 2.77. The molecule has 0 radical (unpaired) electrons. The Kier molecular flexibility index (Phi) is 6.63. The second kappa shape index (κ2) is 7.75. The first-order valence-corrected chi connectivity index (χ1v) is 7.57. The molecule has 0 aliphatic carbocycles. The quantitative estimate of drug-likeness (QED) is 0.822. The van der Waals surface area contributed by atoms with Gasteiger partial charge in [0, 0.05) is 24.7 Å². The van der Waals surface area contributed by atoms with Crippen molar-refractivity contribution in [3.63, 3.8) is 0 Å². The van der Waals surface area contributed by atoms with Crippen LogP contribution in [-0.2, 0) is 0 Å². The Morgan fingerprint density at radius 1 is 1.00 bits per heavy atom. The molecule has 0 spiro atoms. The van der Waals surface area contributed by atoms with Crippen molar-refractivity contribution in [2.24, 2.45) is 17.6 Å². The second-order valence-corrected chi connectivity index (χ2v) is 6.57. The van der Waals surface area contributed by atoms with Crippen molar-refractivity contribution < 1.29 is 4.39 Å². The highest BCUT2D eigenvalue weighted by atomic mass is 19.1. The molecule has 0 aromatic heterocycles. The predicted octanol–water partition coefficient (Wildman–Crippen LogP) is 3.83. The summed E-state index contributed by atoms with van der Waals surface area (Å²) in [5.41, 5.74) is 6.89. The van der Waals surface area contributed by atoms with Gasteiger partial charge in [-0.25, -0.2) is 4.39 Å². The van der Waals surface area contributed by atoms with E-state index in [2.05, 4.69) is 32.6 Å². The van der Waals surface area contributed by atoms with Crippen LogP contribution in [0.25, 0.3) is 0 Å². The molecule has 20 heavy (non-hydrogen) atoms. The summed E-state index contributed by atoms with van der Waals surface area (Å²) in [6.07, 6.45) is 0. The van der Waals surface area contributed by atoms with E-state index in [0.717, 1.165) is 13.1 Å². The summed E-state index contributed by atoms with van der Waals surface area (Å²) >= 11 is 0. The molecule has 0 fully saturated rings. The zero-order valence-corrected chi connectivity index (χ0v) is 13.4. The van der Waals surface area contributed by atoms with Crippen LogP contribution >= 0.6 is 0 Å². The zero-order chi connectivity index (χ0) is 15.3. The number of nitrogens with two attached hydrogens (primary N) is 1. The van der Waals surface area contributed by atoms with Crippen molar-refractivity contribution >= 4 is 0 Å². The fourth-order valence-electron chi connectivity index (χ4n) is 2.77. The van der Waals surface area contributed by atoms with E-state index in [-0.39, 0.29) is 17.9 Å². The minimum absolute atomic E-state index is 0.0685. The average molecular weight is 280 g/mol. The second-order valence-electron chi connectivity index (χ2n) is 6.57. The SMILES string of the molecule is CC(C)CN(CC(C)C)C(c1ccccc1F)C(C)N. The summed E-state index contributed by atoms with van der Waals surface area (Å²) < 4.78 is 14.2. The summed E-state index contributed by atoms with van der Waals surface area (Å²) in [4.78, 5) is 2.33.